The number of piperidine rings is 1. The molecule has 1 aliphatic rings. The summed E-state index contributed by atoms with van der Waals surface area (Å²) in [7, 11) is -3.61. The van der Waals surface area contributed by atoms with Gasteiger partial charge >= 0.3 is 0 Å². The molecule has 2 aromatic rings. The van der Waals surface area contributed by atoms with Crippen molar-refractivity contribution in [2.24, 2.45) is 0 Å². The number of benzene rings is 1. The predicted octanol–water partition coefficient (Wildman–Crippen LogP) is 4.11. The van der Waals surface area contributed by atoms with Gasteiger partial charge in [-0.2, -0.15) is 4.31 Å². The Hall–Kier alpha value is -0.950. The molecule has 0 atom stereocenters. The highest BCUT2D eigenvalue weighted by Gasteiger charge is 2.30. The van der Waals surface area contributed by atoms with Crippen LogP contribution in [0.4, 0.5) is 4.39 Å². The number of thiophene rings is 1. The fourth-order valence-corrected chi connectivity index (χ4v) is 5.33. The van der Waals surface area contributed by atoms with Crippen LogP contribution in [0, 0.1) is 5.82 Å². The Labute approximate surface area is 138 Å². The molecule has 22 heavy (non-hydrogen) atoms. The molecule has 7 heteroatoms. The van der Waals surface area contributed by atoms with E-state index in [9.17, 15) is 12.8 Å². The second-order valence-electron chi connectivity index (χ2n) is 5.27. The van der Waals surface area contributed by atoms with Crippen molar-refractivity contribution in [3.05, 3.63) is 51.4 Å². The lowest BCUT2D eigenvalue weighted by Crippen LogP contribution is -2.37. The molecule has 0 aliphatic carbocycles. The van der Waals surface area contributed by atoms with Gasteiger partial charge in [-0.1, -0.05) is 17.7 Å². The summed E-state index contributed by atoms with van der Waals surface area (Å²) in [5.41, 5.74) is 0. The highest BCUT2D eigenvalue weighted by molar-refractivity contribution is 7.89. The van der Waals surface area contributed by atoms with Gasteiger partial charge in [-0.15, -0.1) is 11.3 Å². The molecule has 0 radical (unpaired) electrons. The van der Waals surface area contributed by atoms with Gasteiger partial charge in [0, 0.05) is 18.0 Å². The Balaban J connectivity index is 1.75. The van der Waals surface area contributed by atoms with E-state index in [1.165, 1.54) is 21.3 Å². The fraction of sp³-hybridized carbons (Fsp3) is 0.333. The molecule has 1 aliphatic heterocycles. The molecule has 1 saturated heterocycles. The van der Waals surface area contributed by atoms with Gasteiger partial charge in [0.15, 0.2) is 0 Å². The molecular formula is C15H15ClFNO2S2. The van der Waals surface area contributed by atoms with Gasteiger partial charge in [0.25, 0.3) is 0 Å². The zero-order valence-electron chi connectivity index (χ0n) is 11.7. The Morgan fingerprint density at radius 3 is 2.55 bits per heavy atom. The molecule has 1 aromatic carbocycles. The summed E-state index contributed by atoms with van der Waals surface area (Å²) in [6, 6.07) is 7.65. The Bertz CT molecular complexity index is 754. The van der Waals surface area contributed by atoms with E-state index in [0.717, 1.165) is 18.9 Å². The predicted molar refractivity (Wildman–Crippen MR) is 86.5 cm³/mol. The van der Waals surface area contributed by atoms with Crippen molar-refractivity contribution in [2.75, 3.05) is 13.1 Å². The van der Waals surface area contributed by atoms with Crippen molar-refractivity contribution in [3.63, 3.8) is 0 Å². The van der Waals surface area contributed by atoms with Crippen LogP contribution in [0.15, 0.2) is 40.6 Å². The smallest absolute Gasteiger partial charge is 0.207 e. The Morgan fingerprint density at radius 1 is 1.23 bits per heavy atom. The zero-order chi connectivity index (χ0) is 15.7. The van der Waals surface area contributed by atoms with Crippen LogP contribution in [0.2, 0.25) is 5.02 Å². The first kappa shape index (κ1) is 15.9. The number of sulfonamides is 1. The summed E-state index contributed by atoms with van der Waals surface area (Å²) in [4.78, 5) is 1.36. The molecule has 0 N–H and O–H groups in total. The van der Waals surface area contributed by atoms with Gasteiger partial charge < -0.3 is 0 Å². The molecule has 0 spiro atoms. The SMILES string of the molecule is O=S(=O)(c1ccc(F)c(Cl)c1)N1CCC(c2cccs2)CC1. The van der Waals surface area contributed by atoms with E-state index in [-0.39, 0.29) is 9.92 Å². The fourth-order valence-electron chi connectivity index (χ4n) is 2.69. The van der Waals surface area contributed by atoms with Crippen molar-refractivity contribution >= 4 is 33.0 Å². The van der Waals surface area contributed by atoms with Crippen LogP contribution in [0.25, 0.3) is 0 Å². The van der Waals surface area contributed by atoms with Crippen molar-refractivity contribution in [3.8, 4) is 0 Å². The third-order valence-electron chi connectivity index (χ3n) is 3.93. The molecule has 118 valence electrons. The van der Waals surface area contributed by atoms with E-state index in [1.807, 2.05) is 11.4 Å². The molecule has 2 heterocycles. The van der Waals surface area contributed by atoms with Gasteiger partial charge in [0.2, 0.25) is 10.0 Å². The topological polar surface area (TPSA) is 37.4 Å². The number of rotatable bonds is 3. The first-order valence-electron chi connectivity index (χ1n) is 6.97. The normalized spacial score (nSPS) is 17.7. The van der Waals surface area contributed by atoms with E-state index in [0.29, 0.717) is 19.0 Å². The van der Waals surface area contributed by atoms with E-state index in [2.05, 4.69) is 6.07 Å². The third kappa shape index (κ3) is 3.06. The monoisotopic (exact) mass is 359 g/mol. The van der Waals surface area contributed by atoms with E-state index in [4.69, 9.17) is 11.6 Å². The molecule has 1 fully saturated rings. The average molecular weight is 360 g/mol. The van der Waals surface area contributed by atoms with Gasteiger partial charge in [0.05, 0.1) is 9.92 Å². The lowest BCUT2D eigenvalue weighted by Gasteiger charge is -2.30. The molecule has 3 rings (SSSR count). The lowest BCUT2D eigenvalue weighted by atomic mass is 9.97. The lowest BCUT2D eigenvalue weighted by molar-refractivity contribution is 0.321. The summed E-state index contributed by atoms with van der Waals surface area (Å²) in [6.07, 6.45) is 1.60. The molecule has 3 nitrogen and oxygen atoms in total. The highest BCUT2D eigenvalue weighted by Crippen LogP contribution is 2.33. The summed E-state index contributed by atoms with van der Waals surface area (Å²) in [6.45, 7) is 0.944. The molecule has 0 amide bonds. The molecule has 0 unspecified atom stereocenters. The number of hydrogen-bond donors (Lipinski definition) is 0. The standard InChI is InChI=1S/C15H15ClFNO2S2/c16-13-10-12(3-4-14(13)17)22(19,20)18-7-5-11(6-8-18)15-2-1-9-21-15/h1-4,9-11H,5-8H2. The highest BCUT2D eigenvalue weighted by atomic mass is 35.5. The van der Waals surface area contributed by atoms with E-state index >= 15 is 0 Å². The molecular weight excluding hydrogens is 345 g/mol. The van der Waals surface area contributed by atoms with Crippen LogP contribution >= 0.6 is 22.9 Å². The maximum atomic E-state index is 13.2. The largest absolute Gasteiger partial charge is 0.243 e. The quantitative estimate of drug-likeness (QED) is 0.827. The van der Waals surface area contributed by atoms with Crippen LogP contribution in [0.3, 0.4) is 0 Å². The van der Waals surface area contributed by atoms with Crippen molar-refractivity contribution in [1.29, 1.82) is 0 Å². The summed E-state index contributed by atoms with van der Waals surface area (Å²) >= 11 is 7.40. The minimum Gasteiger partial charge on any atom is -0.207 e. The third-order valence-corrected chi connectivity index (χ3v) is 7.15. The number of hydrogen-bond acceptors (Lipinski definition) is 3. The number of halogens is 2. The molecule has 0 saturated carbocycles. The zero-order valence-corrected chi connectivity index (χ0v) is 14.1. The van der Waals surface area contributed by atoms with E-state index in [1.54, 1.807) is 11.3 Å². The average Bonchev–Trinajstić information content (AvgIpc) is 3.04. The van der Waals surface area contributed by atoms with E-state index < -0.39 is 15.8 Å². The second-order valence-corrected chi connectivity index (χ2v) is 8.59. The minimum atomic E-state index is -3.61. The van der Waals surface area contributed by atoms with Gasteiger partial charge in [-0.25, -0.2) is 12.8 Å². The van der Waals surface area contributed by atoms with Crippen LogP contribution in [0.1, 0.15) is 23.6 Å². The van der Waals surface area contributed by atoms with Gasteiger partial charge in [-0.05, 0) is 48.4 Å². The Kier molecular flexibility index (Phi) is 4.54. The molecule has 0 bridgehead atoms. The second kappa shape index (κ2) is 6.28. The minimum absolute atomic E-state index is 0.0495. The maximum absolute atomic E-state index is 13.2. The first-order chi connectivity index (χ1) is 10.5. The summed E-state index contributed by atoms with van der Waals surface area (Å²) in [5.74, 6) is -0.194. The maximum Gasteiger partial charge on any atom is 0.243 e. The Morgan fingerprint density at radius 2 is 1.95 bits per heavy atom. The van der Waals surface area contributed by atoms with Crippen LogP contribution in [0.5, 0.6) is 0 Å². The summed E-state index contributed by atoms with van der Waals surface area (Å²) in [5, 5.41) is 1.87. The van der Waals surface area contributed by atoms with Crippen molar-refractivity contribution in [2.45, 2.75) is 23.7 Å². The van der Waals surface area contributed by atoms with Gasteiger partial charge in [-0.3, -0.25) is 0 Å². The van der Waals surface area contributed by atoms with Crippen molar-refractivity contribution < 1.29 is 12.8 Å². The van der Waals surface area contributed by atoms with Crippen LogP contribution < -0.4 is 0 Å². The molecule has 1 aromatic heterocycles. The van der Waals surface area contributed by atoms with Crippen LogP contribution in [-0.4, -0.2) is 25.8 Å². The van der Waals surface area contributed by atoms with Crippen LogP contribution in [-0.2, 0) is 10.0 Å². The van der Waals surface area contributed by atoms with Crippen molar-refractivity contribution in [1.82, 2.24) is 4.31 Å². The van der Waals surface area contributed by atoms with Gasteiger partial charge in [0.1, 0.15) is 5.82 Å². The number of nitrogens with zero attached hydrogens (tertiary/aromatic N) is 1. The summed E-state index contributed by atoms with van der Waals surface area (Å²) < 4.78 is 39.8. The first-order valence-corrected chi connectivity index (χ1v) is 9.67.